The van der Waals surface area contributed by atoms with Crippen LogP contribution in [0.5, 0.6) is 0 Å². The van der Waals surface area contributed by atoms with E-state index in [1.54, 1.807) is 11.3 Å². The van der Waals surface area contributed by atoms with Gasteiger partial charge in [0.25, 0.3) is 0 Å². The summed E-state index contributed by atoms with van der Waals surface area (Å²) in [5.74, 6) is 0.633. The fourth-order valence-corrected chi connectivity index (χ4v) is 4.12. The predicted molar refractivity (Wildman–Crippen MR) is 100 cm³/mol. The van der Waals surface area contributed by atoms with Crippen LogP contribution >= 0.6 is 11.3 Å². The van der Waals surface area contributed by atoms with Crippen LogP contribution in [0.3, 0.4) is 0 Å². The monoisotopic (exact) mass is 352 g/mol. The number of carbonyl (C=O) groups is 1. The molecule has 1 saturated carbocycles. The van der Waals surface area contributed by atoms with Gasteiger partial charge in [0.2, 0.25) is 0 Å². The van der Waals surface area contributed by atoms with Crippen LogP contribution in [0.4, 0.5) is 4.79 Å². The van der Waals surface area contributed by atoms with E-state index in [1.165, 1.54) is 42.5 Å². The number of aryl methyl sites for hydroxylation is 1. The average molecular weight is 353 g/mol. The van der Waals surface area contributed by atoms with Gasteiger partial charge in [-0.05, 0) is 63.5 Å². The molecule has 1 amide bonds. The Kier molecular flexibility index (Phi) is 7.11. The average Bonchev–Trinajstić information content (AvgIpc) is 2.92. The third-order valence-corrected chi connectivity index (χ3v) is 5.60. The van der Waals surface area contributed by atoms with Crippen LogP contribution in [0, 0.1) is 12.8 Å². The van der Waals surface area contributed by atoms with E-state index >= 15 is 0 Å². The first-order chi connectivity index (χ1) is 11.3. The Morgan fingerprint density at radius 2 is 2.04 bits per heavy atom. The molecule has 2 rings (SSSR count). The van der Waals surface area contributed by atoms with E-state index in [1.807, 2.05) is 20.8 Å². The van der Waals surface area contributed by atoms with E-state index in [9.17, 15) is 4.79 Å². The van der Waals surface area contributed by atoms with Gasteiger partial charge >= 0.3 is 6.09 Å². The summed E-state index contributed by atoms with van der Waals surface area (Å²) in [5.41, 5.74) is 0.890. The number of rotatable bonds is 6. The molecule has 0 bridgehead atoms. The molecule has 1 aliphatic rings. The number of hydrogen-bond donors (Lipinski definition) is 2. The summed E-state index contributed by atoms with van der Waals surface area (Å²) in [5, 5.41) is 8.79. The smallest absolute Gasteiger partial charge is 0.407 e. The van der Waals surface area contributed by atoms with Crippen LogP contribution in [-0.4, -0.2) is 24.3 Å². The number of nitrogens with one attached hydrogen (secondary N) is 2. The number of amides is 1. The van der Waals surface area contributed by atoms with Gasteiger partial charge in [-0.2, -0.15) is 0 Å². The zero-order valence-electron chi connectivity index (χ0n) is 15.5. The van der Waals surface area contributed by atoms with Crippen molar-refractivity contribution in [2.24, 2.45) is 5.92 Å². The Bertz CT molecular complexity index is 516. The molecular weight excluding hydrogens is 320 g/mol. The number of thiophene rings is 1. The van der Waals surface area contributed by atoms with Crippen LogP contribution in [-0.2, 0) is 11.3 Å². The maximum absolute atomic E-state index is 12.0. The highest BCUT2D eigenvalue weighted by Gasteiger charge is 2.25. The molecule has 4 nitrogen and oxygen atoms in total. The van der Waals surface area contributed by atoms with Crippen molar-refractivity contribution < 1.29 is 9.53 Å². The molecule has 1 aromatic heterocycles. The lowest BCUT2D eigenvalue weighted by atomic mass is 9.84. The number of hydrogen-bond acceptors (Lipinski definition) is 4. The maximum atomic E-state index is 12.0. The highest BCUT2D eigenvalue weighted by molar-refractivity contribution is 7.10. The number of ether oxygens (including phenoxy) is 1. The summed E-state index contributed by atoms with van der Waals surface area (Å²) in [6.07, 6.45) is 6.11. The fraction of sp³-hybridized carbons (Fsp3) is 0.737. The van der Waals surface area contributed by atoms with Crippen molar-refractivity contribution >= 4 is 17.4 Å². The standard InChI is InChI=1S/C19H32N2O2S/c1-14-10-11-24-17(14)13-20-16(15-8-6-5-7-9-15)12-21-18(22)23-19(2,3)4/h10-11,15-16,20H,5-9,12-13H2,1-4H3,(H,21,22). The first-order valence-corrected chi connectivity index (χ1v) is 9.96. The van der Waals surface area contributed by atoms with Gasteiger partial charge in [-0.3, -0.25) is 0 Å². The molecule has 1 aromatic rings. The zero-order chi connectivity index (χ0) is 17.6. The zero-order valence-corrected chi connectivity index (χ0v) is 16.3. The molecule has 1 atom stereocenters. The van der Waals surface area contributed by atoms with Gasteiger partial charge in [-0.1, -0.05) is 19.3 Å². The molecule has 5 heteroatoms. The van der Waals surface area contributed by atoms with Crippen LogP contribution in [0.15, 0.2) is 11.4 Å². The molecule has 1 unspecified atom stereocenters. The van der Waals surface area contributed by atoms with Gasteiger partial charge in [0, 0.05) is 24.0 Å². The Hall–Kier alpha value is -1.07. The molecular formula is C19H32N2O2S. The van der Waals surface area contributed by atoms with Gasteiger partial charge in [0.1, 0.15) is 5.60 Å². The van der Waals surface area contributed by atoms with Crippen molar-refractivity contribution in [2.75, 3.05) is 6.54 Å². The molecule has 0 aromatic carbocycles. The van der Waals surface area contributed by atoms with Gasteiger partial charge in [-0.25, -0.2) is 4.79 Å². The Labute approximate surface area is 150 Å². The molecule has 1 fully saturated rings. The molecule has 1 heterocycles. The van der Waals surface area contributed by atoms with Crippen LogP contribution in [0.1, 0.15) is 63.3 Å². The van der Waals surface area contributed by atoms with E-state index in [0.717, 1.165) is 6.54 Å². The quantitative estimate of drug-likeness (QED) is 0.785. The normalized spacial score (nSPS) is 17.5. The second-order valence-electron chi connectivity index (χ2n) is 7.80. The van der Waals surface area contributed by atoms with E-state index in [4.69, 9.17) is 4.74 Å². The molecule has 0 spiro atoms. The molecule has 0 saturated heterocycles. The summed E-state index contributed by atoms with van der Waals surface area (Å²) < 4.78 is 5.37. The third kappa shape index (κ3) is 6.44. The molecule has 0 aliphatic heterocycles. The van der Waals surface area contributed by atoms with Crippen LogP contribution in [0.25, 0.3) is 0 Å². The largest absolute Gasteiger partial charge is 0.444 e. The minimum Gasteiger partial charge on any atom is -0.444 e. The van der Waals surface area contributed by atoms with Crippen molar-refractivity contribution in [3.8, 4) is 0 Å². The van der Waals surface area contributed by atoms with E-state index in [0.29, 0.717) is 18.5 Å². The van der Waals surface area contributed by atoms with Crippen molar-refractivity contribution in [1.82, 2.24) is 10.6 Å². The first-order valence-electron chi connectivity index (χ1n) is 9.08. The highest BCUT2D eigenvalue weighted by Crippen LogP contribution is 2.27. The maximum Gasteiger partial charge on any atom is 0.407 e. The van der Waals surface area contributed by atoms with Gasteiger partial charge in [-0.15, -0.1) is 11.3 Å². The lowest BCUT2D eigenvalue weighted by Gasteiger charge is -2.31. The molecule has 24 heavy (non-hydrogen) atoms. The summed E-state index contributed by atoms with van der Waals surface area (Å²) in [7, 11) is 0. The summed E-state index contributed by atoms with van der Waals surface area (Å²) >= 11 is 1.80. The van der Waals surface area contributed by atoms with Crippen LogP contribution < -0.4 is 10.6 Å². The Balaban J connectivity index is 1.89. The van der Waals surface area contributed by atoms with Crippen molar-refractivity contribution in [3.05, 3.63) is 21.9 Å². The Morgan fingerprint density at radius 3 is 2.62 bits per heavy atom. The number of carbonyl (C=O) groups excluding carboxylic acids is 1. The lowest BCUT2D eigenvalue weighted by molar-refractivity contribution is 0.0515. The minimum absolute atomic E-state index is 0.305. The van der Waals surface area contributed by atoms with E-state index in [2.05, 4.69) is 29.0 Å². The SMILES string of the molecule is Cc1ccsc1CNC(CNC(=O)OC(C)(C)C)C1CCCCC1. The van der Waals surface area contributed by atoms with Crippen molar-refractivity contribution in [2.45, 2.75) is 78.0 Å². The number of alkyl carbamates (subject to hydrolysis) is 1. The lowest BCUT2D eigenvalue weighted by Crippen LogP contribution is -2.46. The second-order valence-corrected chi connectivity index (χ2v) is 8.80. The summed E-state index contributed by atoms with van der Waals surface area (Å²) in [4.78, 5) is 13.4. The molecule has 1 aliphatic carbocycles. The minimum atomic E-state index is -0.452. The topological polar surface area (TPSA) is 50.4 Å². The predicted octanol–water partition coefficient (Wildman–Crippen LogP) is 4.62. The highest BCUT2D eigenvalue weighted by atomic mass is 32.1. The third-order valence-electron chi connectivity index (χ3n) is 4.58. The first kappa shape index (κ1) is 19.3. The van der Waals surface area contributed by atoms with E-state index in [-0.39, 0.29) is 6.09 Å². The van der Waals surface area contributed by atoms with Gasteiger partial charge in [0.05, 0.1) is 0 Å². The molecule has 136 valence electrons. The summed E-state index contributed by atoms with van der Waals surface area (Å²) in [6, 6.07) is 2.47. The van der Waals surface area contributed by atoms with Gasteiger partial charge < -0.3 is 15.4 Å². The fourth-order valence-electron chi connectivity index (χ4n) is 3.26. The summed E-state index contributed by atoms with van der Waals surface area (Å²) in [6.45, 7) is 9.34. The van der Waals surface area contributed by atoms with Crippen molar-refractivity contribution in [3.63, 3.8) is 0 Å². The van der Waals surface area contributed by atoms with Gasteiger partial charge in [0.15, 0.2) is 0 Å². The second kappa shape index (κ2) is 8.86. The molecule has 2 N–H and O–H groups in total. The van der Waals surface area contributed by atoms with Crippen LogP contribution in [0.2, 0.25) is 0 Å². The molecule has 0 radical (unpaired) electrons. The van der Waals surface area contributed by atoms with Crippen molar-refractivity contribution in [1.29, 1.82) is 0 Å². The Morgan fingerprint density at radius 1 is 1.33 bits per heavy atom. The van der Waals surface area contributed by atoms with E-state index < -0.39 is 5.60 Å².